The second-order valence-corrected chi connectivity index (χ2v) is 12.6. The number of aryl methyl sites for hydroxylation is 1. The van der Waals surface area contributed by atoms with Crippen molar-refractivity contribution in [2.24, 2.45) is 0 Å². The maximum atomic E-state index is 13.1. The molecular formula is C41H34Cl2N6O4. The second-order valence-electron chi connectivity index (χ2n) is 11.8. The third kappa shape index (κ3) is 9.62. The molecule has 0 radical (unpaired) electrons. The zero-order valence-electron chi connectivity index (χ0n) is 28.9. The maximum Gasteiger partial charge on any atom is 0.246 e. The number of fused-ring (bicyclic) bond motifs is 1. The summed E-state index contributed by atoms with van der Waals surface area (Å²) in [6.45, 7) is 1.93. The fourth-order valence-electron chi connectivity index (χ4n) is 5.23. The molecule has 0 aliphatic rings. The Morgan fingerprint density at radius 2 is 1.66 bits per heavy atom. The summed E-state index contributed by atoms with van der Waals surface area (Å²) in [5.41, 5.74) is 5.58. The predicted molar refractivity (Wildman–Crippen MR) is 209 cm³/mol. The highest BCUT2D eigenvalue weighted by Gasteiger charge is 2.20. The van der Waals surface area contributed by atoms with Gasteiger partial charge in [0.25, 0.3) is 0 Å². The summed E-state index contributed by atoms with van der Waals surface area (Å²) in [5, 5.41) is 4.01. The van der Waals surface area contributed by atoms with Gasteiger partial charge in [0.1, 0.15) is 30.2 Å². The third-order valence-corrected chi connectivity index (χ3v) is 8.85. The summed E-state index contributed by atoms with van der Waals surface area (Å²) in [6.07, 6.45) is 13.6. The van der Waals surface area contributed by atoms with Gasteiger partial charge in [0.2, 0.25) is 11.8 Å². The minimum Gasteiger partial charge on any atom is -0.487 e. The number of anilines is 1. The SMILES string of the molecule is Cc1cc(OCc2ccccn2)c2cccc(OCc3c(Cl)ccc(N(C)C(=O)CNC(=O)C=Cc4ccc(C=Cc5ccncc5)nc4)c3Cl)c2n1. The number of halogens is 2. The first-order chi connectivity index (χ1) is 25.7. The summed E-state index contributed by atoms with van der Waals surface area (Å²) in [4.78, 5) is 44.5. The van der Waals surface area contributed by atoms with Crippen molar-refractivity contribution in [3.8, 4) is 11.5 Å². The van der Waals surface area contributed by atoms with E-state index in [1.54, 1.807) is 50.0 Å². The van der Waals surface area contributed by atoms with Gasteiger partial charge < -0.3 is 19.7 Å². The van der Waals surface area contributed by atoms with Crippen molar-refractivity contribution < 1.29 is 19.1 Å². The van der Waals surface area contributed by atoms with Crippen LogP contribution in [0.5, 0.6) is 11.5 Å². The number of likely N-dealkylation sites (N-methyl/N-ethyl adjacent to an activating group) is 1. The first-order valence-electron chi connectivity index (χ1n) is 16.5. The lowest BCUT2D eigenvalue weighted by atomic mass is 10.1. The molecule has 0 aliphatic heterocycles. The summed E-state index contributed by atoms with van der Waals surface area (Å²) in [5.74, 6) is 0.341. The van der Waals surface area contributed by atoms with E-state index in [4.69, 9.17) is 37.7 Å². The van der Waals surface area contributed by atoms with E-state index in [0.717, 1.165) is 33.6 Å². The van der Waals surface area contributed by atoms with Gasteiger partial charge in [0.05, 0.1) is 28.6 Å². The number of carbonyl (C=O) groups is 2. The smallest absolute Gasteiger partial charge is 0.246 e. The number of hydrogen-bond donors (Lipinski definition) is 1. The average Bonchev–Trinajstić information content (AvgIpc) is 3.18. The highest BCUT2D eigenvalue weighted by atomic mass is 35.5. The van der Waals surface area contributed by atoms with Crippen molar-refractivity contribution in [2.45, 2.75) is 20.1 Å². The number of benzene rings is 2. The molecule has 2 aromatic carbocycles. The molecule has 6 aromatic rings. The van der Waals surface area contributed by atoms with Gasteiger partial charge in [-0.05, 0) is 84.8 Å². The van der Waals surface area contributed by atoms with Crippen molar-refractivity contribution >= 4 is 69.8 Å². The van der Waals surface area contributed by atoms with Crippen LogP contribution in [-0.4, -0.2) is 45.3 Å². The second kappa shape index (κ2) is 17.4. The fourth-order valence-corrected chi connectivity index (χ4v) is 5.83. The van der Waals surface area contributed by atoms with E-state index >= 15 is 0 Å². The van der Waals surface area contributed by atoms with Crippen LogP contribution >= 0.6 is 23.2 Å². The van der Waals surface area contributed by atoms with E-state index in [-0.39, 0.29) is 24.1 Å². The number of hydrogen-bond acceptors (Lipinski definition) is 8. The number of rotatable bonds is 13. The van der Waals surface area contributed by atoms with E-state index in [0.29, 0.717) is 39.9 Å². The number of nitrogens with one attached hydrogen (secondary N) is 1. The van der Waals surface area contributed by atoms with Crippen molar-refractivity contribution in [2.75, 3.05) is 18.5 Å². The van der Waals surface area contributed by atoms with Crippen LogP contribution in [-0.2, 0) is 22.8 Å². The monoisotopic (exact) mass is 744 g/mol. The molecule has 0 fully saturated rings. The number of amides is 2. The van der Waals surface area contributed by atoms with Gasteiger partial charge >= 0.3 is 0 Å². The van der Waals surface area contributed by atoms with E-state index in [1.165, 1.54) is 11.0 Å². The fraction of sp³-hybridized carbons (Fsp3) is 0.122. The number of pyridine rings is 4. The highest BCUT2D eigenvalue weighted by molar-refractivity contribution is 6.38. The quantitative estimate of drug-likeness (QED) is 0.118. The lowest BCUT2D eigenvalue weighted by molar-refractivity contribution is -0.122. The molecule has 0 saturated carbocycles. The Kier molecular flexibility index (Phi) is 12.1. The van der Waals surface area contributed by atoms with Crippen LogP contribution in [0.25, 0.3) is 29.1 Å². The first-order valence-corrected chi connectivity index (χ1v) is 17.3. The number of para-hydroxylation sites is 1. The molecule has 0 spiro atoms. The summed E-state index contributed by atoms with van der Waals surface area (Å²) >= 11 is 13.4. The van der Waals surface area contributed by atoms with Crippen LogP contribution in [0.2, 0.25) is 10.0 Å². The highest BCUT2D eigenvalue weighted by Crippen LogP contribution is 2.36. The molecular weight excluding hydrogens is 711 g/mol. The topological polar surface area (TPSA) is 119 Å². The van der Waals surface area contributed by atoms with Gasteiger partial charge in [0.15, 0.2) is 0 Å². The normalized spacial score (nSPS) is 11.2. The molecule has 10 nitrogen and oxygen atoms in total. The van der Waals surface area contributed by atoms with Crippen LogP contribution in [0.4, 0.5) is 5.69 Å². The van der Waals surface area contributed by atoms with Gasteiger partial charge in [-0.15, -0.1) is 0 Å². The molecule has 2 amide bonds. The molecule has 0 atom stereocenters. The van der Waals surface area contributed by atoms with Crippen molar-refractivity contribution in [1.29, 1.82) is 0 Å². The van der Waals surface area contributed by atoms with Gasteiger partial charge in [-0.3, -0.25) is 24.5 Å². The van der Waals surface area contributed by atoms with Crippen molar-refractivity contribution in [3.63, 3.8) is 0 Å². The zero-order chi connectivity index (χ0) is 37.2. The van der Waals surface area contributed by atoms with Crippen LogP contribution in [0.3, 0.4) is 0 Å². The Bertz CT molecular complexity index is 2280. The lowest BCUT2D eigenvalue weighted by Gasteiger charge is -2.21. The summed E-state index contributed by atoms with van der Waals surface area (Å²) in [6, 6.07) is 23.9. The predicted octanol–water partition coefficient (Wildman–Crippen LogP) is 8.16. The molecule has 0 unspecified atom stereocenters. The van der Waals surface area contributed by atoms with Crippen LogP contribution in [0.15, 0.2) is 110 Å². The van der Waals surface area contributed by atoms with Crippen molar-refractivity contribution in [3.05, 3.63) is 154 Å². The minimum absolute atomic E-state index is 0.00476. The Hall–Kier alpha value is -6.10. The molecule has 6 rings (SSSR count). The maximum absolute atomic E-state index is 13.1. The van der Waals surface area contributed by atoms with E-state index < -0.39 is 5.91 Å². The largest absolute Gasteiger partial charge is 0.487 e. The molecule has 53 heavy (non-hydrogen) atoms. The summed E-state index contributed by atoms with van der Waals surface area (Å²) in [7, 11) is 1.57. The van der Waals surface area contributed by atoms with Crippen LogP contribution < -0.4 is 19.7 Å². The minimum atomic E-state index is -0.436. The standard InChI is InChI=1S/C41H34Cl2N6O4/c1-27-22-37(52-25-31-6-3-4-19-45-31)32-7-5-8-36(41(32)48-27)53-26-33-34(42)14-15-35(40(33)43)49(2)39(51)24-47-38(50)16-11-29-10-13-30(46-23-29)12-9-28-17-20-44-21-18-28/h3-23H,24-26H2,1-2H3,(H,47,50). The molecule has 0 saturated heterocycles. The van der Waals surface area contributed by atoms with E-state index in [9.17, 15) is 9.59 Å². The zero-order valence-corrected chi connectivity index (χ0v) is 30.4. The molecule has 266 valence electrons. The Labute approximate surface area is 316 Å². The molecule has 0 bridgehead atoms. The van der Waals surface area contributed by atoms with E-state index in [2.05, 4.69) is 20.3 Å². The van der Waals surface area contributed by atoms with Gasteiger partial charge in [-0.1, -0.05) is 47.5 Å². The molecule has 0 aliphatic carbocycles. The number of carbonyl (C=O) groups excluding carboxylic acids is 2. The molecule has 1 N–H and O–H groups in total. The van der Waals surface area contributed by atoms with Crippen LogP contribution in [0.1, 0.15) is 33.8 Å². The number of nitrogens with zero attached hydrogens (tertiary/aromatic N) is 5. The van der Waals surface area contributed by atoms with Gasteiger partial charge in [-0.25, -0.2) is 4.98 Å². The summed E-state index contributed by atoms with van der Waals surface area (Å²) < 4.78 is 12.4. The van der Waals surface area contributed by atoms with Gasteiger partial charge in [0, 0.05) is 65.6 Å². The Morgan fingerprint density at radius 1 is 0.830 bits per heavy atom. The molecule has 4 heterocycles. The molecule has 4 aromatic heterocycles. The van der Waals surface area contributed by atoms with Crippen molar-refractivity contribution in [1.82, 2.24) is 25.3 Å². The average molecular weight is 746 g/mol. The van der Waals surface area contributed by atoms with E-state index in [1.807, 2.05) is 85.8 Å². The van der Waals surface area contributed by atoms with Gasteiger partial charge in [-0.2, -0.15) is 0 Å². The lowest BCUT2D eigenvalue weighted by Crippen LogP contribution is -2.37. The molecule has 12 heteroatoms. The Balaban J connectivity index is 1.06. The Morgan fingerprint density at radius 3 is 2.43 bits per heavy atom. The number of ether oxygens (including phenoxy) is 2. The third-order valence-electron chi connectivity index (χ3n) is 8.07. The number of aromatic nitrogens is 4. The first kappa shape index (κ1) is 36.7. The van der Waals surface area contributed by atoms with Crippen LogP contribution in [0, 0.1) is 6.92 Å².